The summed E-state index contributed by atoms with van der Waals surface area (Å²) in [5, 5.41) is 12.3. The third-order valence-electron chi connectivity index (χ3n) is 2.27. The van der Waals surface area contributed by atoms with Crippen molar-refractivity contribution in [3.8, 4) is 0 Å². The highest BCUT2D eigenvalue weighted by Crippen LogP contribution is 2.11. The molecule has 2 N–H and O–H groups in total. The van der Waals surface area contributed by atoms with Gasteiger partial charge in [0.2, 0.25) is 0 Å². The quantitative estimate of drug-likeness (QED) is 0.828. The molecule has 0 fully saturated rings. The Morgan fingerprint density at radius 1 is 1.41 bits per heavy atom. The van der Waals surface area contributed by atoms with Crippen molar-refractivity contribution in [1.29, 1.82) is 0 Å². The summed E-state index contributed by atoms with van der Waals surface area (Å²) in [7, 11) is 0. The first-order valence-corrected chi connectivity index (χ1v) is 5.17. The monoisotopic (exact) mass is 232 g/mol. The average molecular weight is 232 g/mol. The van der Waals surface area contributed by atoms with Crippen LogP contribution >= 0.6 is 0 Å². The van der Waals surface area contributed by atoms with Crippen LogP contribution in [0.2, 0.25) is 0 Å². The van der Waals surface area contributed by atoms with Crippen molar-refractivity contribution in [2.45, 2.75) is 6.10 Å². The van der Waals surface area contributed by atoms with Gasteiger partial charge < -0.3 is 14.8 Å². The molecule has 0 aliphatic heterocycles. The Morgan fingerprint density at radius 2 is 2.18 bits per heavy atom. The molecule has 88 valence electrons. The summed E-state index contributed by atoms with van der Waals surface area (Å²) in [4.78, 5) is 15.5. The van der Waals surface area contributed by atoms with Gasteiger partial charge >= 0.3 is 0 Å². The molecule has 0 spiro atoms. The predicted octanol–water partition coefficient (Wildman–Crippen LogP) is 1.14. The SMILES string of the molecule is O=C(NCC(O)c1ccco1)c1ccncc1. The van der Waals surface area contributed by atoms with Crippen LogP contribution < -0.4 is 5.32 Å². The molecule has 17 heavy (non-hydrogen) atoms. The number of rotatable bonds is 4. The van der Waals surface area contributed by atoms with Crippen LogP contribution in [0, 0.1) is 0 Å². The molecule has 0 aliphatic carbocycles. The lowest BCUT2D eigenvalue weighted by Gasteiger charge is -2.09. The Kier molecular flexibility index (Phi) is 3.52. The first kappa shape index (κ1) is 11.3. The number of aliphatic hydroxyl groups is 1. The normalized spacial score (nSPS) is 12.1. The summed E-state index contributed by atoms with van der Waals surface area (Å²) in [5.74, 6) is 0.179. The summed E-state index contributed by atoms with van der Waals surface area (Å²) in [5.41, 5.74) is 0.506. The van der Waals surface area contributed by atoms with Crippen LogP contribution in [0.3, 0.4) is 0 Å². The van der Waals surface area contributed by atoms with Crippen molar-refractivity contribution >= 4 is 5.91 Å². The second kappa shape index (κ2) is 5.27. The minimum absolute atomic E-state index is 0.106. The highest BCUT2D eigenvalue weighted by Gasteiger charge is 2.12. The van der Waals surface area contributed by atoms with E-state index in [1.165, 1.54) is 18.7 Å². The van der Waals surface area contributed by atoms with E-state index in [-0.39, 0.29) is 12.5 Å². The fraction of sp³-hybridized carbons (Fsp3) is 0.167. The molecule has 1 unspecified atom stereocenters. The topological polar surface area (TPSA) is 75.4 Å². The largest absolute Gasteiger partial charge is 0.467 e. The Morgan fingerprint density at radius 3 is 2.82 bits per heavy atom. The molecule has 5 heteroatoms. The van der Waals surface area contributed by atoms with Gasteiger partial charge in [-0.15, -0.1) is 0 Å². The maximum Gasteiger partial charge on any atom is 0.251 e. The Balaban J connectivity index is 1.89. The number of furan rings is 1. The summed E-state index contributed by atoms with van der Waals surface area (Å²) >= 11 is 0. The van der Waals surface area contributed by atoms with Gasteiger partial charge in [0.05, 0.1) is 12.8 Å². The molecule has 2 aromatic rings. The molecule has 0 bridgehead atoms. The summed E-state index contributed by atoms with van der Waals surface area (Å²) in [6.07, 6.45) is 3.72. The first-order chi connectivity index (χ1) is 8.27. The number of aromatic nitrogens is 1. The molecule has 1 atom stereocenters. The maximum absolute atomic E-state index is 11.6. The number of hydrogen-bond acceptors (Lipinski definition) is 4. The Hall–Kier alpha value is -2.14. The highest BCUT2D eigenvalue weighted by atomic mass is 16.4. The Bertz CT molecular complexity index is 468. The molecular weight excluding hydrogens is 220 g/mol. The lowest BCUT2D eigenvalue weighted by molar-refractivity contribution is 0.0901. The number of carbonyl (C=O) groups is 1. The van der Waals surface area contributed by atoms with Crippen LogP contribution in [0.15, 0.2) is 47.3 Å². The van der Waals surface area contributed by atoms with Crippen molar-refractivity contribution in [3.05, 3.63) is 54.2 Å². The molecular formula is C12H12N2O3. The smallest absolute Gasteiger partial charge is 0.251 e. The standard InChI is InChI=1S/C12H12N2O3/c15-10(11-2-1-7-17-11)8-14-12(16)9-3-5-13-6-4-9/h1-7,10,15H,8H2,(H,14,16). The fourth-order valence-corrected chi connectivity index (χ4v) is 1.38. The number of pyridine rings is 1. The van der Waals surface area contributed by atoms with E-state index < -0.39 is 6.10 Å². The molecule has 2 rings (SSSR count). The average Bonchev–Trinajstić information content (AvgIpc) is 2.90. The van der Waals surface area contributed by atoms with E-state index in [1.807, 2.05) is 0 Å². The maximum atomic E-state index is 11.6. The molecule has 0 saturated heterocycles. The van der Waals surface area contributed by atoms with E-state index in [9.17, 15) is 9.90 Å². The molecule has 2 aromatic heterocycles. The molecule has 0 aromatic carbocycles. The van der Waals surface area contributed by atoms with E-state index in [0.29, 0.717) is 11.3 Å². The molecule has 0 radical (unpaired) electrons. The van der Waals surface area contributed by atoms with Gasteiger partial charge in [0, 0.05) is 18.0 Å². The second-order valence-electron chi connectivity index (χ2n) is 3.48. The first-order valence-electron chi connectivity index (χ1n) is 5.17. The van der Waals surface area contributed by atoms with Crippen LogP contribution in [0.5, 0.6) is 0 Å². The summed E-state index contributed by atoms with van der Waals surface area (Å²) in [6, 6.07) is 6.55. The van der Waals surface area contributed by atoms with E-state index in [1.54, 1.807) is 24.3 Å². The van der Waals surface area contributed by atoms with E-state index in [0.717, 1.165) is 0 Å². The van der Waals surface area contributed by atoms with Gasteiger partial charge in [-0.05, 0) is 24.3 Å². The number of aliphatic hydroxyl groups excluding tert-OH is 1. The van der Waals surface area contributed by atoms with Gasteiger partial charge in [0.25, 0.3) is 5.91 Å². The van der Waals surface area contributed by atoms with Crippen molar-refractivity contribution in [1.82, 2.24) is 10.3 Å². The third-order valence-corrected chi connectivity index (χ3v) is 2.27. The van der Waals surface area contributed by atoms with Gasteiger partial charge in [0.1, 0.15) is 11.9 Å². The minimum atomic E-state index is -0.837. The van der Waals surface area contributed by atoms with Gasteiger partial charge in [0.15, 0.2) is 0 Å². The third kappa shape index (κ3) is 2.92. The lowest BCUT2D eigenvalue weighted by Crippen LogP contribution is -2.28. The molecule has 1 amide bonds. The van der Waals surface area contributed by atoms with Crippen LogP contribution in [-0.4, -0.2) is 22.5 Å². The van der Waals surface area contributed by atoms with Crippen LogP contribution in [0.4, 0.5) is 0 Å². The number of amides is 1. The van der Waals surface area contributed by atoms with Crippen LogP contribution in [0.25, 0.3) is 0 Å². The zero-order chi connectivity index (χ0) is 12.1. The van der Waals surface area contributed by atoms with Crippen molar-refractivity contribution in [2.75, 3.05) is 6.54 Å². The van der Waals surface area contributed by atoms with Crippen LogP contribution in [0.1, 0.15) is 22.2 Å². The second-order valence-corrected chi connectivity index (χ2v) is 3.48. The van der Waals surface area contributed by atoms with Gasteiger partial charge in [-0.25, -0.2) is 0 Å². The fourth-order valence-electron chi connectivity index (χ4n) is 1.38. The molecule has 0 saturated carbocycles. The Labute approximate surface area is 98.1 Å². The molecule has 2 heterocycles. The van der Waals surface area contributed by atoms with Crippen LogP contribution in [-0.2, 0) is 0 Å². The van der Waals surface area contributed by atoms with Gasteiger partial charge in [-0.2, -0.15) is 0 Å². The zero-order valence-corrected chi connectivity index (χ0v) is 9.04. The van der Waals surface area contributed by atoms with E-state index in [4.69, 9.17) is 4.42 Å². The van der Waals surface area contributed by atoms with Crippen molar-refractivity contribution < 1.29 is 14.3 Å². The number of carbonyl (C=O) groups excluding carboxylic acids is 1. The predicted molar refractivity (Wildman–Crippen MR) is 60.2 cm³/mol. The van der Waals surface area contributed by atoms with Gasteiger partial charge in [-0.1, -0.05) is 0 Å². The van der Waals surface area contributed by atoms with E-state index in [2.05, 4.69) is 10.3 Å². The zero-order valence-electron chi connectivity index (χ0n) is 9.04. The lowest BCUT2D eigenvalue weighted by atomic mass is 10.2. The van der Waals surface area contributed by atoms with Crippen molar-refractivity contribution in [3.63, 3.8) is 0 Å². The summed E-state index contributed by atoms with van der Waals surface area (Å²) < 4.78 is 5.02. The number of nitrogens with zero attached hydrogens (tertiary/aromatic N) is 1. The molecule has 0 aliphatic rings. The number of nitrogens with one attached hydrogen (secondary N) is 1. The van der Waals surface area contributed by atoms with Gasteiger partial charge in [-0.3, -0.25) is 9.78 Å². The van der Waals surface area contributed by atoms with E-state index >= 15 is 0 Å². The molecule has 5 nitrogen and oxygen atoms in total. The summed E-state index contributed by atoms with van der Waals surface area (Å²) in [6.45, 7) is 0.106. The minimum Gasteiger partial charge on any atom is -0.467 e. The number of hydrogen-bond donors (Lipinski definition) is 2. The van der Waals surface area contributed by atoms with Crippen molar-refractivity contribution in [2.24, 2.45) is 0 Å². The highest BCUT2D eigenvalue weighted by molar-refractivity contribution is 5.93.